The number of methoxy groups -OCH3 is 1. The van der Waals surface area contributed by atoms with E-state index in [1.54, 1.807) is 7.11 Å². The second-order valence-electron chi connectivity index (χ2n) is 18.6. The van der Waals surface area contributed by atoms with E-state index in [0.29, 0.717) is 43.6 Å². The van der Waals surface area contributed by atoms with Gasteiger partial charge in [0, 0.05) is 56.3 Å². The molecule has 1 amide bonds. The first-order chi connectivity index (χ1) is 24.8. The van der Waals surface area contributed by atoms with E-state index in [0.717, 1.165) is 45.4 Å². The molecule has 53 heavy (non-hydrogen) atoms. The number of cyclic esters (lactones) is 1. The van der Waals surface area contributed by atoms with Gasteiger partial charge in [-0.05, 0) is 100 Å². The number of allylic oxidation sites excluding steroid dienone is 1. The maximum Gasteiger partial charge on any atom is 0.309 e. The molecule has 0 aromatic rings. The topological polar surface area (TPSA) is 146 Å². The zero-order valence-electron chi connectivity index (χ0n) is 34.7. The van der Waals surface area contributed by atoms with Crippen LogP contribution in [0.4, 0.5) is 0 Å². The summed E-state index contributed by atoms with van der Waals surface area (Å²) in [4.78, 5) is 42.5. The molecule has 0 spiro atoms. The molecule has 1 saturated carbocycles. The highest BCUT2D eigenvalue weighted by molar-refractivity contribution is 5.85. The normalized spacial score (nSPS) is 45.2. The first-order valence-electron chi connectivity index (χ1n) is 20.7. The van der Waals surface area contributed by atoms with Crippen LogP contribution in [0, 0.1) is 64.1 Å². The summed E-state index contributed by atoms with van der Waals surface area (Å²) in [5.41, 5.74) is 4.02. The third kappa shape index (κ3) is 9.76. The number of ketones is 1. The van der Waals surface area contributed by atoms with Gasteiger partial charge in [-0.1, -0.05) is 54.5 Å². The van der Waals surface area contributed by atoms with Gasteiger partial charge >= 0.3 is 5.97 Å². The molecule has 0 bridgehead atoms. The van der Waals surface area contributed by atoms with Crippen molar-refractivity contribution in [1.29, 1.82) is 0 Å². The van der Waals surface area contributed by atoms with E-state index in [9.17, 15) is 19.5 Å². The Bertz CT molecular complexity index is 1270. The number of nitrogens with one attached hydrogen (secondary N) is 1. The number of hydrogen-bond acceptors (Lipinski definition) is 9. The van der Waals surface area contributed by atoms with Crippen LogP contribution in [0.25, 0.3) is 0 Å². The standard InChI is InChI=1S/C43H74N2O8/c1-12-31-20-41(8,32-18-25(32)3)19-26(4)37(34-21-43(10,50-11)39(48)29(7)52-34)28(6)40(49)53-35(13-2)42(9,22-36(44)46)33(27(5)38(31)47)24-45-23-30-14-16-51-17-15-30/h12,25-35,37,39,45,48H,1,13-24H2,2-11H3,(H2,44,46)/t25?,26-,27-,28-,29+,31-,32?,33-,34?,35-,37+,39+,41+,42+,43-/m1/s1. The molecule has 0 aromatic heterocycles. The molecular weight excluding hydrogens is 672 g/mol. The fourth-order valence-corrected chi connectivity index (χ4v) is 11.2. The van der Waals surface area contributed by atoms with Gasteiger partial charge in [0.1, 0.15) is 18.0 Å². The lowest BCUT2D eigenvalue weighted by atomic mass is 9.61. The largest absolute Gasteiger partial charge is 0.462 e. The van der Waals surface area contributed by atoms with Gasteiger partial charge in [0.25, 0.3) is 0 Å². The molecule has 0 radical (unpaired) electrons. The van der Waals surface area contributed by atoms with Crippen molar-refractivity contribution in [3.05, 3.63) is 12.7 Å². The highest BCUT2D eigenvalue weighted by atomic mass is 16.6. The van der Waals surface area contributed by atoms with E-state index in [2.05, 4.69) is 32.7 Å². The quantitative estimate of drug-likeness (QED) is 0.168. The van der Waals surface area contributed by atoms with Gasteiger partial charge in [0.2, 0.25) is 5.91 Å². The Hall–Kier alpha value is -1.85. The molecule has 15 atom stereocenters. The number of aliphatic hydroxyl groups is 1. The second-order valence-corrected chi connectivity index (χ2v) is 18.6. The number of aliphatic hydroxyl groups excluding tert-OH is 1. The number of esters is 1. The van der Waals surface area contributed by atoms with Gasteiger partial charge in [-0.25, -0.2) is 0 Å². The SMILES string of the molecule is C=C[C@@H]1C[C@@](C)(C2CC2C)C[C@@H](C)[C@H](C2C[C@@](C)(OC)[C@@H](O)[C@H](C)O2)[C@@H](C)C(=O)O[C@H](CC)[C@@](C)(CC(N)=O)[C@H](CNCC2CCOCC2)[C@@H](C)C1=O. The number of Topliss-reactive ketones (excluding diaryl/α,β-unsaturated/α-hetero) is 1. The van der Waals surface area contributed by atoms with Crippen molar-refractivity contribution in [3.63, 3.8) is 0 Å². The zero-order chi connectivity index (χ0) is 39.5. The summed E-state index contributed by atoms with van der Waals surface area (Å²) in [6, 6.07) is 0. The predicted octanol–water partition coefficient (Wildman–Crippen LogP) is 6.12. The number of nitrogens with two attached hydrogens (primary N) is 1. The van der Waals surface area contributed by atoms with Gasteiger partial charge in [-0.15, -0.1) is 6.58 Å². The molecule has 1 aliphatic carbocycles. The highest BCUT2D eigenvalue weighted by Gasteiger charge is 2.55. The first-order valence-corrected chi connectivity index (χ1v) is 20.7. The minimum atomic E-state index is -0.937. The fourth-order valence-electron chi connectivity index (χ4n) is 11.2. The predicted molar refractivity (Wildman–Crippen MR) is 207 cm³/mol. The van der Waals surface area contributed by atoms with E-state index in [1.807, 2.05) is 47.6 Å². The van der Waals surface area contributed by atoms with E-state index in [4.69, 9.17) is 24.7 Å². The molecule has 3 heterocycles. The maximum atomic E-state index is 14.9. The van der Waals surface area contributed by atoms with Crippen molar-refractivity contribution in [1.82, 2.24) is 5.32 Å². The van der Waals surface area contributed by atoms with Gasteiger partial charge in [0.05, 0.1) is 23.7 Å². The molecule has 4 rings (SSSR count). The number of hydrogen-bond donors (Lipinski definition) is 3. The Morgan fingerprint density at radius 2 is 1.66 bits per heavy atom. The lowest BCUT2D eigenvalue weighted by Crippen LogP contribution is -2.59. The summed E-state index contributed by atoms with van der Waals surface area (Å²) in [6.07, 6.45) is 4.78. The van der Waals surface area contributed by atoms with Crippen LogP contribution in [0.2, 0.25) is 0 Å². The number of ether oxygens (including phenoxy) is 4. The number of rotatable bonds is 11. The van der Waals surface area contributed by atoms with E-state index >= 15 is 0 Å². The van der Waals surface area contributed by atoms with Crippen molar-refractivity contribution in [2.45, 2.75) is 144 Å². The molecular formula is C43H74N2O8. The van der Waals surface area contributed by atoms with Crippen LogP contribution in [0.3, 0.4) is 0 Å². The van der Waals surface area contributed by atoms with Crippen molar-refractivity contribution in [2.24, 2.45) is 69.8 Å². The third-order valence-electron chi connectivity index (χ3n) is 14.7. The molecule has 4 aliphatic rings. The molecule has 4 N–H and O–H groups in total. The Morgan fingerprint density at radius 1 is 1.02 bits per heavy atom. The summed E-state index contributed by atoms with van der Waals surface area (Å²) in [5.74, 6) is -1.32. The number of primary amides is 1. The van der Waals surface area contributed by atoms with Crippen molar-refractivity contribution >= 4 is 17.7 Å². The molecule has 10 heteroatoms. The van der Waals surface area contributed by atoms with Gasteiger partial charge in [0.15, 0.2) is 0 Å². The Kier molecular flexibility index (Phi) is 14.9. The summed E-state index contributed by atoms with van der Waals surface area (Å²) in [5, 5.41) is 14.8. The van der Waals surface area contributed by atoms with Crippen LogP contribution in [0.15, 0.2) is 12.7 Å². The molecule has 3 aliphatic heterocycles. The Labute approximate surface area is 320 Å². The van der Waals surface area contributed by atoms with E-state index < -0.39 is 47.1 Å². The summed E-state index contributed by atoms with van der Waals surface area (Å²) >= 11 is 0. The minimum Gasteiger partial charge on any atom is -0.462 e. The van der Waals surface area contributed by atoms with Crippen LogP contribution in [0.5, 0.6) is 0 Å². The second kappa shape index (κ2) is 18.0. The molecule has 304 valence electrons. The van der Waals surface area contributed by atoms with Gasteiger partial charge < -0.3 is 35.1 Å². The van der Waals surface area contributed by atoms with E-state index in [-0.39, 0.29) is 53.4 Å². The van der Waals surface area contributed by atoms with Gasteiger partial charge in [-0.3, -0.25) is 14.4 Å². The van der Waals surface area contributed by atoms with Crippen molar-refractivity contribution in [3.8, 4) is 0 Å². The van der Waals surface area contributed by atoms with Crippen LogP contribution in [-0.4, -0.2) is 86.2 Å². The minimum absolute atomic E-state index is 0.00375. The van der Waals surface area contributed by atoms with Gasteiger partial charge in [-0.2, -0.15) is 0 Å². The first kappa shape index (κ1) is 43.9. The lowest BCUT2D eigenvalue weighted by Gasteiger charge is -2.50. The average molecular weight is 747 g/mol. The van der Waals surface area contributed by atoms with Crippen molar-refractivity contribution < 1.29 is 38.4 Å². The van der Waals surface area contributed by atoms with E-state index in [1.165, 1.54) is 0 Å². The number of carbonyl (C=O) groups is 3. The summed E-state index contributed by atoms with van der Waals surface area (Å²) < 4.78 is 24.7. The Balaban J connectivity index is 1.82. The third-order valence-corrected chi connectivity index (χ3v) is 14.7. The van der Waals surface area contributed by atoms with Crippen LogP contribution in [-0.2, 0) is 33.3 Å². The maximum absolute atomic E-state index is 14.9. The van der Waals surface area contributed by atoms with Crippen LogP contribution < -0.4 is 11.1 Å². The average Bonchev–Trinajstić information content (AvgIpc) is 3.86. The fraction of sp³-hybridized carbons (Fsp3) is 0.884. The van der Waals surface area contributed by atoms with Crippen LogP contribution in [0.1, 0.15) is 114 Å². The molecule has 0 aromatic carbocycles. The smallest absolute Gasteiger partial charge is 0.309 e. The van der Waals surface area contributed by atoms with Crippen molar-refractivity contribution in [2.75, 3.05) is 33.4 Å². The van der Waals surface area contributed by atoms with Crippen LogP contribution >= 0.6 is 0 Å². The molecule has 3 unspecified atom stereocenters. The highest BCUT2D eigenvalue weighted by Crippen LogP contribution is 2.58. The summed E-state index contributed by atoms with van der Waals surface area (Å²) in [7, 11) is 1.62. The molecule has 10 nitrogen and oxygen atoms in total. The zero-order valence-corrected chi connectivity index (χ0v) is 34.7. The number of amides is 1. The Morgan fingerprint density at radius 3 is 2.21 bits per heavy atom. The number of carbonyl (C=O) groups excluding carboxylic acids is 3. The molecule has 4 fully saturated rings. The molecule has 3 saturated heterocycles. The monoisotopic (exact) mass is 747 g/mol. The summed E-state index contributed by atoms with van der Waals surface area (Å²) in [6.45, 7) is 25.4. The lowest BCUT2D eigenvalue weighted by molar-refractivity contribution is -0.233.